The third kappa shape index (κ3) is 2.83. The maximum atomic E-state index is 12.5. The van der Waals surface area contributed by atoms with Gasteiger partial charge in [-0.25, -0.2) is 0 Å². The predicted octanol–water partition coefficient (Wildman–Crippen LogP) is 3.65. The van der Waals surface area contributed by atoms with Gasteiger partial charge in [0.2, 0.25) is 0 Å². The number of halogens is 3. The van der Waals surface area contributed by atoms with Crippen molar-refractivity contribution in [3.63, 3.8) is 0 Å². The molecule has 1 unspecified atom stereocenters. The van der Waals surface area contributed by atoms with Crippen molar-refractivity contribution in [3.8, 4) is 0 Å². The van der Waals surface area contributed by atoms with E-state index in [0.717, 1.165) is 5.56 Å². The molecule has 2 nitrogen and oxygen atoms in total. The second kappa shape index (κ2) is 4.72. The van der Waals surface area contributed by atoms with Crippen LogP contribution in [0, 0.1) is 11.8 Å². The highest BCUT2D eigenvalue weighted by Gasteiger charge is 2.42. The van der Waals surface area contributed by atoms with Gasteiger partial charge in [0, 0.05) is 11.6 Å². The van der Waals surface area contributed by atoms with Crippen LogP contribution < -0.4 is 5.73 Å². The summed E-state index contributed by atoms with van der Waals surface area (Å²) in [5.74, 6) is -1.01. The van der Waals surface area contributed by atoms with E-state index >= 15 is 0 Å². The number of rotatable bonds is 2. The average Bonchev–Trinajstić information content (AvgIpc) is 2.80. The molecule has 2 rings (SSSR count). The van der Waals surface area contributed by atoms with E-state index in [0.29, 0.717) is 12.8 Å². The molecule has 0 saturated heterocycles. The summed E-state index contributed by atoms with van der Waals surface area (Å²) in [4.78, 5) is 0. The van der Waals surface area contributed by atoms with Gasteiger partial charge in [-0.1, -0.05) is 0 Å². The van der Waals surface area contributed by atoms with Crippen LogP contribution in [0.4, 0.5) is 13.2 Å². The Morgan fingerprint density at radius 3 is 2.35 bits per heavy atom. The largest absolute Gasteiger partial charge is 0.472 e. The Labute approximate surface area is 98.0 Å². The van der Waals surface area contributed by atoms with E-state index in [1.807, 2.05) is 0 Å². The monoisotopic (exact) mass is 247 g/mol. The van der Waals surface area contributed by atoms with Crippen LogP contribution in [0.3, 0.4) is 0 Å². The minimum atomic E-state index is -4.05. The molecule has 1 aliphatic rings. The lowest BCUT2D eigenvalue weighted by atomic mass is 9.77. The summed E-state index contributed by atoms with van der Waals surface area (Å²) in [6.45, 7) is 0. The van der Waals surface area contributed by atoms with E-state index in [4.69, 9.17) is 10.2 Å². The first-order chi connectivity index (χ1) is 7.98. The lowest BCUT2D eigenvalue weighted by molar-refractivity contribution is -0.184. The number of nitrogens with two attached hydrogens (primary N) is 1. The summed E-state index contributed by atoms with van der Waals surface area (Å²) in [6, 6.07) is 1.57. The zero-order valence-electron chi connectivity index (χ0n) is 9.41. The third-order valence-corrected chi connectivity index (χ3v) is 3.67. The van der Waals surface area contributed by atoms with Crippen molar-refractivity contribution in [2.75, 3.05) is 0 Å². The molecule has 0 spiro atoms. The molecule has 1 heterocycles. The first-order valence-corrected chi connectivity index (χ1v) is 5.83. The summed E-state index contributed by atoms with van der Waals surface area (Å²) in [5.41, 5.74) is 6.90. The second-order valence-electron chi connectivity index (χ2n) is 4.74. The average molecular weight is 247 g/mol. The Hall–Kier alpha value is -0.970. The fourth-order valence-electron chi connectivity index (χ4n) is 2.54. The first-order valence-electron chi connectivity index (χ1n) is 5.83. The topological polar surface area (TPSA) is 39.2 Å². The van der Waals surface area contributed by atoms with Gasteiger partial charge in [0.15, 0.2) is 0 Å². The smallest absolute Gasteiger partial charge is 0.391 e. The highest BCUT2D eigenvalue weighted by Crippen LogP contribution is 2.42. The zero-order chi connectivity index (χ0) is 12.5. The van der Waals surface area contributed by atoms with Gasteiger partial charge < -0.3 is 10.2 Å². The van der Waals surface area contributed by atoms with Crippen molar-refractivity contribution >= 4 is 0 Å². The van der Waals surface area contributed by atoms with Gasteiger partial charge >= 0.3 is 6.18 Å². The quantitative estimate of drug-likeness (QED) is 0.866. The van der Waals surface area contributed by atoms with Crippen molar-refractivity contribution < 1.29 is 17.6 Å². The van der Waals surface area contributed by atoms with Crippen LogP contribution >= 0.6 is 0 Å². The van der Waals surface area contributed by atoms with Crippen molar-refractivity contribution in [1.29, 1.82) is 0 Å². The van der Waals surface area contributed by atoms with E-state index in [1.54, 1.807) is 12.3 Å². The van der Waals surface area contributed by atoms with Crippen LogP contribution in [0.1, 0.15) is 37.3 Å². The third-order valence-electron chi connectivity index (χ3n) is 3.67. The Morgan fingerprint density at radius 1 is 1.24 bits per heavy atom. The van der Waals surface area contributed by atoms with E-state index in [1.165, 1.54) is 6.26 Å². The van der Waals surface area contributed by atoms with E-state index < -0.39 is 12.1 Å². The normalized spacial score (nSPS) is 28.0. The van der Waals surface area contributed by atoms with Gasteiger partial charge in [0.1, 0.15) is 0 Å². The van der Waals surface area contributed by atoms with Crippen LogP contribution in [-0.4, -0.2) is 6.18 Å². The Balaban J connectivity index is 1.91. The number of alkyl halides is 3. The molecule has 0 bridgehead atoms. The van der Waals surface area contributed by atoms with Gasteiger partial charge in [-0.15, -0.1) is 0 Å². The van der Waals surface area contributed by atoms with Crippen LogP contribution in [-0.2, 0) is 0 Å². The number of hydrogen-bond donors (Lipinski definition) is 1. The number of hydrogen-bond acceptors (Lipinski definition) is 2. The van der Waals surface area contributed by atoms with Crippen LogP contribution in [0.5, 0.6) is 0 Å². The Bertz CT molecular complexity index is 339. The van der Waals surface area contributed by atoms with Gasteiger partial charge in [-0.2, -0.15) is 13.2 Å². The SMILES string of the molecule is NC(c1ccoc1)C1CCC(C(F)(F)F)CC1. The first kappa shape index (κ1) is 12.5. The predicted molar refractivity (Wildman–Crippen MR) is 57.1 cm³/mol. The molecule has 0 radical (unpaired) electrons. The van der Waals surface area contributed by atoms with Gasteiger partial charge in [0.25, 0.3) is 0 Å². The standard InChI is InChI=1S/C12H16F3NO/c13-12(14,15)10-3-1-8(2-4-10)11(16)9-5-6-17-7-9/h5-8,10-11H,1-4,16H2. The molecule has 1 aromatic rings. The number of furan rings is 1. The van der Waals surface area contributed by atoms with E-state index in [-0.39, 0.29) is 24.8 Å². The molecule has 0 aliphatic heterocycles. The van der Waals surface area contributed by atoms with Gasteiger partial charge in [0.05, 0.1) is 18.4 Å². The van der Waals surface area contributed by atoms with Crippen LogP contribution in [0.25, 0.3) is 0 Å². The van der Waals surface area contributed by atoms with Crippen LogP contribution in [0.15, 0.2) is 23.0 Å². The molecule has 1 atom stereocenters. The molecule has 2 N–H and O–H groups in total. The molecule has 1 aliphatic carbocycles. The van der Waals surface area contributed by atoms with Crippen molar-refractivity contribution in [1.82, 2.24) is 0 Å². The van der Waals surface area contributed by atoms with E-state index in [9.17, 15) is 13.2 Å². The van der Waals surface area contributed by atoms with Crippen molar-refractivity contribution in [2.45, 2.75) is 37.9 Å². The highest BCUT2D eigenvalue weighted by atomic mass is 19.4. The maximum Gasteiger partial charge on any atom is 0.391 e. The molecule has 1 saturated carbocycles. The molecule has 0 amide bonds. The van der Waals surface area contributed by atoms with Crippen LogP contribution in [0.2, 0.25) is 0 Å². The molecule has 96 valence electrons. The molecule has 0 aromatic carbocycles. The molecular formula is C12H16F3NO. The van der Waals surface area contributed by atoms with E-state index in [2.05, 4.69) is 0 Å². The van der Waals surface area contributed by atoms with Crippen molar-refractivity contribution in [3.05, 3.63) is 24.2 Å². The minimum Gasteiger partial charge on any atom is -0.472 e. The maximum absolute atomic E-state index is 12.5. The Kier molecular flexibility index (Phi) is 3.47. The van der Waals surface area contributed by atoms with Crippen molar-refractivity contribution in [2.24, 2.45) is 17.6 Å². The summed E-state index contributed by atoms with van der Waals surface area (Å²) >= 11 is 0. The fourth-order valence-corrected chi connectivity index (χ4v) is 2.54. The van der Waals surface area contributed by atoms with Gasteiger partial charge in [-0.3, -0.25) is 0 Å². The Morgan fingerprint density at radius 2 is 1.88 bits per heavy atom. The fraction of sp³-hybridized carbons (Fsp3) is 0.667. The molecule has 1 fully saturated rings. The molecule has 1 aromatic heterocycles. The molecule has 17 heavy (non-hydrogen) atoms. The summed E-state index contributed by atoms with van der Waals surface area (Å²) < 4.78 is 42.4. The lowest BCUT2D eigenvalue weighted by Crippen LogP contribution is -2.31. The lowest BCUT2D eigenvalue weighted by Gasteiger charge is -2.32. The second-order valence-corrected chi connectivity index (χ2v) is 4.74. The minimum absolute atomic E-state index is 0.131. The summed E-state index contributed by atoms with van der Waals surface area (Å²) in [6.07, 6.45) is 0.522. The van der Waals surface area contributed by atoms with Gasteiger partial charge in [-0.05, 0) is 37.7 Å². The molecule has 5 heteroatoms. The highest BCUT2D eigenvalue weighted by molar-refractivity contribution is 5.12. The zero-order valence-corrected chi connectivity index (χ0v) is 9.41. The summed E-state index contributed by atoms with van der Waals surface area (Å²) in [7, 11) is 0. The summed E-state index contributed by atoms with van der Waals surface area (Å²) in [5, 5.41) is 0. The molecular weight excluding hydrogens is 231 g/mol.